The second-order valence-electron chi connectivity index (χ2n) is 3.93. The molecule has 0 unspecified atom stereocenters. The van der Waals surface area contributed by atoms with Gasteiger partial charge in [-0.15, -0.1) is 11.3 Å². The van der Waals surface area contributed by atoms with Gasteiger partial charge in [0.15, 0.2) is 5.78 Å². The molecule has 0 aliphatic rings. The van der Waals surface area contributed by atoms with E-state index in [2.05, 4.69) is 0 Å². The van der Waals surface area contributed by atoms with E-state index in [4.69, 9.17) is 4.42 Å². The number of aryl methyl sites for hydroxylation is 3. The molecule has 2 rings (SSSR count). The lowest BCUT2D eigenvalue weighted by Crippen LogP contribution is -2.03. The lowest BCUT2D eigenvalue weighted by molar-refractivity contribution is 0.103. The van der Waals surface area contributed by atoms with Crippen LogP contribution in [0.2, 0.25) is 0 Å². The maximum Gasteiger partial charge on any atom is 0.197 e. The summed E-state index contributed by atoms with van der Waals surface area (Å²) in [5.41, 5.74) is 2.46. The van der Waals surface area contributed by atoms with Crippen LogP contribution in [0.25, 0.3) is 0 Å². The zero-order valence-electron chi connectivity index (χ0n) is 9.88. The Labute approximate surface area is 98.9 Å². The lowest BCUT2D eigenvalue weighted by atomic mass is 10.0. The van der Waals surface area contributed by atoms with Gasteiger partial charge in [0.25, 0.3) is 0 Å². The lowest BCUT2D eigenvalue weighted by Gasteiger charge is -1.99. The number of hydrogen-bond donors (Lipinski definition) is 0. The first-order valence-electron chi connectivity index (χ1n) is 5.17. The van der Waals surface area contributed by atoms with Crippen molar-refractivity contribution in [1.29, 1.82) is 0 Å². The highest BCUT2D eigenvalue weighted by Gasteiger charge is 2.21. The highest BCUT2D eigenvalue weighted by Crippen LogP contribution is 2.26. The summed E-state index contributed by atoms with van der Waals surface area (Å²) in [7, 11) is 0. The molecule has 2 heterocycles. The van der Waals surface area contributed by atoms with Crippen LogP contribution in [0.3, 0.4) is 0 Å². The van der Waals surface area contributed by atoms with Gasteiger partial charge in [-0.05, 0) is 39.1 Å². The number of carbonyl (C=O) groups excluding carboxylic acids is 1. The molecule has 0 radical (unpaired) electrons. The molecule has 0 aromatic carbocycles. The summed E-state index contributed by atoms with van der Waals surface area (Å²) in [5, 5.41) is 1.94. The van der Waals surface area contributed by atoms with E-state index in [1.165, 1.54) is 0 Å². The number of furan rings is 1. The largest absolute Gasteiger partial charge is 0.466 e. The Hall–Kier alpha value is -1.35. The van der Waals surface area contributed by atoms with Gasteiger partial charge in [0.1, 0.15) is 11.5 Å². The normalized spacial score (nSPS) is 10.8. The fourth-order valence-electron chi connectivity index (χ4n) is 1.88. The monoisotopic (exact) mass is 234 g/mol. The summed E-state index contributed by atoms with van der Waals surface area (Å²) in [6.45, 7) is 7.63. The Kier molecular flexibility index (Phi) is 2.72. The molecular formula is C13H14O2S. The second-order valence-corrected chi connectivity index (χ2v) is 5.05. The number of carbonyl (C=O) groups is 1. The van der Waals surface area contributed by atoms with E-state index >= 15 is 0 Å². The van der Waals surface area contributed by atoms with E-state index in [0.717, 1.165) is 27.3 Å². The van der Waals surface area contributed by atoms with Crippen molar-refractivity contribution in [2.75, 3.05) is 0 Å². The van der Waals surface area contributed by atoms with Crippen LogP contribution in [-0.4, -0.2) is 5.78 Å². The van der Waals surface area contributed by atoms with Crippen LogP contribution < -0.4 is 0 Å². The smallest absolute Gasteiger partial charge is 0.197 e. The fraction of sp³-hybridized carbons (Fsp3) is 0.308. The average molecular weight is 234 g/mol. The molecule has 2 aromatic heterocycles. The molecule has 0 fully saturated rings. The average Bonchev–Trinajstić information content (AvgIpc) is 2.73. The number of hydrogen-bond acceptors (Lipinski definition) is 3. The van der Waals surface area contributed by atoms with Gasteiger partial charge in [0, 0.05) is 16.0 Å². The summed E-state index contributed by atoms with van der Waals surface area (Å²) in [5.74, 6) is 1.62. The van der Waals surface area contributed by atoms with E-state index in [-0.39, 0.29) is 5.78 Å². The molecule has 2 nitrogen and oxygen atoms in total. The van der Waals surface area contributed by atoms with Crippen LogP contribution in [0.4, 0.5) is 0 Å². The van der Waals surface area contributed by atoms with Crippen LogP contribution >= 0.6 is 11.3 Å². The summed E-state index contributed by atoms with van der Waals surface area (Å²) >= 11 is 1.59. The van der Waals surface area contributed by atoms with E-state index in [1.54, 1.807) is 11.3 Å². The van der Waals surface area contributed by atoms with Gasteiger partial charge in [0.05, 0.1) is 5.56 Å². The van der Waals surface area contributed by atoms with Crippen molar-refractivity contribution in [2.24, 2.45) is 0 Å². The Morgan fingerprint density at radius 3 is 2.31 bits per heavy atom. The quantitative estimate of drug-likeness (QED) is 0.740. The molecule has 0 bridgehead atoms. The van der Waals surface area contributed by atoms with Crippen molar-refractivity contribution in [3.63, 3.8) is 0 Å². The third-order valence-corrected chi connectivity index (χ3v) is 3.74. The van der Waals surface area contributed by atoms with Crippen LogP contribution in [0, 0.1) is 27.7 Å². The van der Waals surface area contributed by atoms with E-state index in [9.17, 15) is 4.79 Å². The third kappa shape index (κ3) is 1.61. The maximum absolute atomic E-state index is 12.3. The summed E-state index contributed by atoms with van der Waals surface area (Å²) in [6, 6.07) is 1.88. The van der Waals surface area contributed by atoms with Crippen molar-refractivity contribution in [3.8, 4) is 0 Å². The van der Waals surface area contributed by atoms with Gasteiger partial charge in [-0.3, -0.25) is 4.79 Å². The van der Waals surface area contributed by atoms with Crippen LogP contribution in [0.5, 0.6) is 0 Å². The van der Waals surface area contributed by atoms with E-state index in [0.29, 0.717) is 5.76 Å². The first-order valence-corrected chi connectivity index (χ1v) is 6.05. The number of ketones is 1. The molecule has 16 heavy (non-hydrogen) atoms. The Bertz CT molecular complexity index is 546. The fourth-order valence-corrected chi connectivity index (χ4v) is 2.58. The van der Waals surface area contributed by atoms with Crippen LogP contribution in [0.15, 0.2) is 15.9 Å². The van der Waals surface area contributed by atoms with Gasteiger partial charge in [-0.1, -0.05) is 0 Å². The van der Waals surface area contributed by atoms with Gasteiger partial charge in [-0.2, -0.15) is 0 Å². The standard InChI is InChI=1S/C13H14O2S/c1-7-8(2)15-9(3)12(7)13(14)11-5-6-16-10(11)4/h5-6H,1-4H3. The van der Waals surface area contributed by atoms with Crippen molar-refractivity contribution < 1.29 is 9.21 Å². The Balaban J connectivity index is 2.54. The molecule has 84 valence electrons. The minimum absolute atomic E-state index is 0.0746. The molecular weight excluding hydrogens is 220 g/mol. The predicted octanol–water partition coefficient (Wildman–Crippen LogP) is 3.81. The number of rotatable bonds is 2. The highest BCUT2D eigenvalue weighted by atomic mass is 32.1. The minimum Gasteiger partial charge on any atom is -0.466 e. The zero-order chi connectivity index (χ0) is 11.9. The molecule has 0 spiro atoms. The SMILES string of the molecule is Cc1oc(C)c(C(=O)c2ccsc2C)c1C. The molecule has 2 aromatic rings. The van der Waals surface area contributed by atoms with E-state index in [1.807, 2.05) is 39.1 Å². The molecule has 0 atom stereocenters. The predicted molar refractivity (Wildman–Crippen MR) is 65.4 cm³/mol. The van der Waals surface area contributed by atoms with Crippen molar-refractivity contribution in [2.45, 2.75) is 27.7 Å². The van der Waals surface area contributed by atoms with Gasteiger partial charge in [0.2, 0.25) is 0 Å². The first-order chi connectivity index (χ1) is 7.52. The third-order valence-electron chi connectivity index (χ3n) is 2.89. The van der Waals surface area contributed by atoms with E-state index < -0.39 is 0 Å². The molecule has 0 saturated heterocycles. The van der Waals surface area contributed by atoms with Gasteiger partial charge >= 0.3 is 0 Å². The summed E-state index contributed by atoms with van der Waals surface area (Å²) < 4.78 is 5.49. The summed E-state index contributed by atoms with van der Waals surface area (Å²) in [6.07, 6.45) is 0. The van der Waals surface area contributed by atoms with Gasteiger partial charge < -0.3 is 4.42 Å². The number of thiophene rings is 1. The molecule has 0 N–H and O–H groups in total. The highest BCUT2D eigenvalue weighted by molar-refractivity contribution is 7.10. The maximum atomic E-state index is 12.3. The van der Waals surface area contributed by atoms with Crippen molar-refractivity contribution >= 4 is 17.1 Å². The first kappa shape index (κ1) is 11.1. The minimum atomic E-state index is 0.0746. The topological polar surface area (TPSA) is 30.2 Å². The molecule has 3 heteroatoms. The van der Waals surface area contributed by atoms with Crippen molar-refractivity contribution in [3.05, 3.63) is 44.5 Å². The molecule has 0 aliphatic heterocycles. The molecule has 0 aliphatic carbocycles. The zero-order valence-corrected chi connectivity index (χ0v) is 10.7. The van der Waals surface area contributed by atoms with Gasteiger partial charge in [-0.25, -0.2) is 0 Å². The molecule has 0 amide bonds. The van der Waals surface area contributed by atoms with Crippen LogP contribution in [-0.2, 0) is 0 Å². The van der Waals surface area contributed by atoms with Crippen molar-refractivity contribution in [1.82, 2.24) is 0 Å². The Morgan fingerprint density at radius 1 is 1.19 bits per heavy atom. The molecule has 0 saturated carbocycles. The second kappa shape index (κ2) is 3.91. The van der Waals surface area contributed by atoms with Crippen LogP contribution in [0.1, 0.15) is 37.9 Å². The Morgan fingerprint density at radius 2 is 1.88 bits per heavy atom. The summed E-state index contributed by atoms with van der Waals surface area (Å²) in [4.78, 5) is 13.4.